The van der Waals surface area contributed by atoms with E-state index in [9.17, 15) is 0 Å². The average molecular weight is 248 g/mol. The van der Waals surface area contributed by atoms with Crippen LogP contribution in [0.4, 0.5) is 5.82 Å². The molecule has 5 heteroatoms. The predicted octanol–water partition coefficient (Wildman–Crippen LogP) is 0.954. The Morgan fingerprint density at radius 2 is 2.22 bits per heavy atom. The second kappa shape index (κ2) is 5.20. The summed E-state index contributed by atoms with van der Waals surface area (Å²) in [7, 11) is 1.77. The van der Waals surface area contributed by atoms with E-state index in [1.165, 1.54) is 12.8 Å². The standard InChI is InChI=1S/C13H20N4O/c1-18-12-4-5-17(9-12)13-8-15-11(7-16-13)6-14-10-2-3-10/h7-8,10,12,14H,2-6,9H2,1H3. The second-order valence-corrected chi connectivity index (χ2v) is 5.11. The van der Waals surface area contributed by atoms with Crippen molar-refractivity contribution in [2.24, 2.45) is 0 Å². The average Bonchev–Trinajstić information content (AvgIpc) is 3.12. The van der Waals surface area contributed by atoms with E-state index in [0.29, 0.717) is 12.1 Å². The Morgan fingerprint density at radius 3 is 2.83 bits per heavy atom. The lowest BCUT2D eigenvalue weighted by Gasteiger charge is -2.16. The molecule has 0 bridgehead atoms. The highest BCUT2D eigenvalue weighted by atomic mass is 16.5. The van der Waals surface area contributed by atoms with E-state index in [2.05, 4.69) is 20.2 Å². The van der Waals surface area contributed by atoms with Gasteiger partial charge in [0.1, 0.15) is 5.82 Å². The van der Waals surface area contributed by atoms with Crippen LogP contribution in [-0.4, -0.2) is 42.3 Å². The fourth-order valence-electron chi connectivity index (χ4n) is 2.27. The Hall–Kier alpha value is -1.20. The van der Waals surface area contributed by atoms with E-state index < -0.39 is 0 Å². The van der Waals surface area contributed by atoms with Gasteiger partial charge in [-0.3, -0.25) is 4.98 Å². The van der Waals surface area contributed by atoms with Gasteiger partial charge < -0.3 is 15.0 Å². The minimum Gasteiger partial charge on any atom is -0.380 e. The van der Waals surface area contributed by atoms with Gasteiger partial charge in [-0.25, -0.2) is 4.98 Å². The number of rotatable bonds is 5. The minimum absolute atomic E-state index is 0.336. The van der Waals surface area contributed by atoms with Crippen molar-refractivity contribution in [1.29, 1.82) is 0 Å². The van der Waals surface area contributed by atoms with Crippen LogP contribution in [0, 0.1) is 0 Å². The molecule has 0 radical (unpaired) electrons. The molecule has 1 saturated carbocycles. The quantitative estimate of drug-likeness (QED) is 0.841. The summed E-state index contributed by atoms with van der Waals surface area (Å²) in [6, 6.07) is 0.715. The van der Waals surface area contributed by atoms with Crippen LogP contribution in [0.1, 0.15) is 25.0 Å². The van der Waals surface area contributed by atoms with Crippen LogP contribution in [0.3, 0.4) is 0 Å². The lowest BCUT2D eigenvalue weighted by atomic mass is 10.3. The number of aromatic nitrogens is 2. The molecule has 2 fully saturated rings. The van der Waals surface area contributed by atoms with Gasteiger partial charge in [0, 0.05) is 32.8 Å². The second-order valence-electron chi connectivity index (χ2n) is 5.11. The van der Waals surface area contributed by atoms with Crippen molar-refractivity contribution in [3.8, 4) is 0 Å². The van der Waals surface area contributed by atoms with Crippen molar-refractivity contribution in [2.45, 2.75) is 38.0 Å². The molecule has 0 aromatic carbocycles. The molecule has 1 aliphatic carbocycles. The highest BCUT2D eigenvalue weighted by molar-refractivity contribution is 5.37. The summed E-state index contributed by atoms with van der Waals surface area (Å²) >= 11 is 0. The van der Waals surface area contributed by atoms with Crippen molar-refractivity contribution in [1.82, 2.24) is 15.3 Å². The maximum absolute atomic E-state index is 5.36. The van der Waals surface area contributed by atoms with Crippen molar-refractivity contribution >= 4 is 5.82 Å². The van der Waals surface area contributed by atoms with Gasteiger partial charge in [-0.05, 0) is 19.3 Å². The van der Waals surface area contributed by atoms with Gasteiger partial charge in [-0.15, -0.1) is 0 Å². The monoisotopic (exact) mass is 248 g/mol. The Bertz CT molecular complexity index is 390. The van der Waals surface area contributed by atoms with Crippen LogP contribution in [-0.2, 0) is 11.3 Å². The maximum atomic E-state index is 5.36. The van der Waals surface area contributed by atoms with Gasteiger partial charge in [0.15, 0.2) is 0 Å². The van der Waals surface area contributed by atoms with Gasteiger partial charge >= 0.3 is 0 Å². The number of nitrogens with zero attached hydrogens (tertiary/aromatic N) is 3. The first-order valence-electron chi connectivity index (χ1n) is 6.67. The lowest BCUT2D eigenvalue weighted by molar-refractivity contribution is 0.121. The highest BCUT2D eigenvalue weighted by Gasteiger charge is 2.23. The summed E-state index contributed by atoms with van der Waals surface area (Å²) in [4.78, 5) is 11.2. The van der Waals surface area contributed by atoms with E-state index in [1.807, 2.05) is 12.4 Å². The van der Waals surface area contributed by atoms with Crippen molar-refractivity contribution in [2.75, 3.05) is 25.1 Å². The number of ether oxygens (including phenoxy) is 1. The molecule has 18 heavy (non-hydrogen) atoms. The molecule has 1 saturated heterocycles. The van der Waals surface area contributed by atoms with Gasteiger partial charge in [0.25, 0.3) is 0 Å². The number of methoxy groups -OCH3 is 1. The van der Waals surface area contributed by atoms with Gasteiger partial charge in [0.05, 0.1) is 24.2 Å². The predicted molar refractivity (Wildman–Crippen MR) is 69.5 cm³/mol. The maximum Gasteiger partial charge on any atom is 0.147 e. The van der Waals surface area contributed by atoms with Crippen molar-refractivity contribution in [3.05, 3.63) is 18.1 Å². The SMILES string of the molecule is COC1CCN(c2cnc(CNC3CC3)cn2)C1. The summed E-state index contributed by atoms with van der Waals surface area (Å²) in [5.74, 6) is 0.963. The molecule has 1 N–H and O–H groups in total. The number of hydrogen-bond acceptors (Lipinski definition) is 5. The minimum atomic E-state index is 0.336. The Labute approximate surface area is 108 Å². The summed E-state index contributed by atoms with van der Waals surface area (Å²) in [5.41, 5.74) is 1.02. The zero-order valence-electron chi connectivity index (χ0n) is 10.8. The summed E-state index contributed by atoms with van der Waals surface area (Å²) in [6.07, 6.45) is 7.77. The normalized spacial score (nSPS) is 23.6. The molecule has 2 aliphatic rings. The van der Waals surface area contributed by atoms with E-state index in [-0.39, 0.29) is 0 Å². The third-order valence-corrected chi connectivity index (χ3v) is 3.64. The van der Waals surface area contributed by atoms with Crippen LogP contribution in [0.2, 0.25) is 0 Å². The fourth-order valence-corrected chi connectivity index (χ4v) is 2.27. The van der Waals surface area contributed by atoms with Crippen molar-refractivity contribution in [3.63, 3.8) is 0 Å². The Kier molecular flexibility index (Phi) is 3.43. The van der Waals surface area contributed by atoms with E-state index >= 15 is 0 Å². The molecule has 1 unspecified atom stereocenters. The summed E-state index contributed by atoms with van der Waals surface area (Å²) in [5, 5.41) is 3.44. The molecular weight excluding hydrogens is 228 g/mol. The van der Waals surface area contributed by atoms with Crippen LogP contribution in [0.15, 0.2) is 12.4 Å². The first kappa shape index (κ1) is 11.9. The molecule has 0 spiro atoms. The van der Waals surface area contributed by atoms with E-state index in [4.69, 9.17) is 4.74 Å². The zero-order chi connectivity index (χ0) is 12.4. The Morgan fingerprint density at radius 1 is 1.33 bits per heavy atom. The van der Waals surface area contributed by atoms with Gasteiger partial charge in [0.2, 0.25) is 0 Å². The topological polar surface area (TPSA) is 50.3 Å². The van der Waals surface area contributed by atoms with E-state index in [0.717, 1.165) is 37.6 Å². The largest absolute Gasteiger partial charge is 0.380 e. The highest BCUT2D eigenvalue weighted by Crippen LogP contribution is 2.20. The molecule has 1 atom stereocenters. The lowest BCUT2D eigenvalue weighted by Crippen LogP contribution is -2.23. The first-order valence-corrected chi connectivity index (χ1v) is 6.67. The van der Waals surface area contributed by atoms with Gasteiger partial charge in [-0.1, -0.05) is 0 Å². The van der Waals surface area contributed by atoms with Crippen LogP contribution < -0.4 is 10.2 Å². The molecule has 3 rings (SSSR count). The molecular formula is C13H20N4O. The summed E-state index contributed by atoms with van der Waals surface area (Å²) in [6.45, 7) is 2.76. The molecule has 2 heterocycles. The van der Waals surface area contributed by atoms with Crippen LogP contribution >= 0.6 is 0 Å². The molecule has 0 amide bonds. The number of hydrogen-bond donors (Lipinski definition) is 1. The van der Waals surface area contributed by atoms with Crippen molar-refractivity contribution < 1.29 is 4.74 Å². The van der Waals surface area contributed by atoms with Gasteiger partial charge in [-0.2, -0.15) is 0 Å². The zero-order valence-corrected chi connectivity index (χ0v) is 10.8. The fraction of sp³-hybridized carbons (Fsp3) is 0.692. The molecule has 1 aliphatic heterocycles. The van der Waals surface area contributed by atoms with Crippen LogP contribution in [0.25, 0.3) is 0 Å². The first-order chi connectivity index (χ1) is 8.85. The Balaban J connectivity index is 1.56. The summed E-state index contributed by atoms with van der Waals surface area (Å²) < 4.78 is 5.36. The number of anilines is 1. The van der Waals surface area contributed by atoms with E-state index in [1.54, 1.807) is 7.11 Å². The third-order valence-electron chi connectivity index (χ3n) is 3.64. The number of nitrogens with one attached hydrogen (secondary N) is 1. The molecule has 5 nitrogen and oxygen atoms in total. The third kappa shape index (κ3) is 2.79. The van der Waals surface area contributed by atoms with Crippen LogP contribution in [0.5, 0.6) is 0 Å². The molecule has 1 aromatic rings. The smallest absolute Gasteiger partial charge is 0.147 e. The molecule has 1 aromatic heterocycles. The molecule has 98 valence electrons.